The van der Waals surface area contributed by atoms with E-state index in [-0.39, 0.29) is 6.67 Å². The fourth-order valence-corrected chi connectivity index (χ4v) is 1.77. The predicted molar refractivity (Wildman–Crippen MR) is 47.0 cm³/mol. The Balaban J connectivity index is 2.27. The van der Waals surface area contributed by atoms with Crippen LogP contribution in [-0.4, -0.2) is 13.2 Å². The Kier molecular flexibility index (Phi) is 3.83. The number of rotatable bonds is 4. The number of hydrogen-bond donors (Lipinski definition) is 1. The van der Waals surface area contributed by atoms with Gasteiger partial charge in [0.25, 0.3) is 0 Å². The van der Waals surface area contributed by atoms with Crippen LogP contribution in [0.5, 0.6) is 0 Å². The zero-order valence-corrected chi connectivity index (χ0v) is 7.51. The van der Waals surface area contributed by atoms with Gasteiger partial charge in [0.2, 0.25) is 0 Å². The molecule has 0 fully saturated rings. The van der Waals surface area contributed by atoms with Gasteiger partial charge in [0.05, 0.1) is 5.02 Å². The summed E-state index contributed by atoms with van der Waals surface area (Å²) in [5, 5.41) is 5.57. The Morgan fingerprint density at radius 2 is 2.45 bits per heavy atom. The zero-order valence-electron chi connectivity index (χ0n) is 5.94. The van der Waals surface area contributed by atoms with Crippen molar-refractivity contribution < 1.29 is 4.39 Å². The summed E-state index contributed by atoms with van der Waals surface area (Å²) >= 11 is 7.26. The van der Waals surface area contributed by atoms with Crippen molar-refractivity contribution in [2.45, 2.75) is 6.54 Å². The molecule has 4 heteroatoms. The van der Waals surface area contributed by atoms with Gasteiger partial charge >= 0.3 is 0 Å². The Hall–Kier alpha value is -0.120. The third kappa shape index (κ3) is 3.18. The van der Waals surface area contributed by atoms with Crippen molar-refractivity contribution in [3.63, 3.8) is 0 Å². The van der Waals surface area contributed by atoms with Crippen molar-refractivity contribution in [1.82, 2.24) is 5.32 Å². The van der Waals surface area contributed by atoms with Gasteiger partial charge in [0.1, 0.15) is 6.67 Å². The lowest BCUT2D eigenvalue weighted by Crippen LogP contribution is -2.14. The minimum Gasteiger partial charge on any atom is -0.309 e. The van der Waals surface area contributed by atoms with Crippen LogP contribution in [0.15, 0.2) is 11.4 Å². The second-order valence-corrected chi connectivity index (χ2v) is 3.53. The highest BCUT2D eigenvalue weighted by molar-refractivity contribution is 7.10. The predicted octanol–water partition coefficient (Wildman–Crippen LogP) is 2.46. The van der Waals surface area contributed by atoms with E-state index in [0.29, 0.717) is 13.1 Å². The number of alkyl halides is 1. The van der Waals surface area contributed by atoms with Gasteiger partial charge in [-0.3, -0.25) is 0 Å². The van der Waals surface area contributed by atoms with Crippen molar-refractivity contribution in [3.8, 4) is 0 Å². The highest BCUT2D eigenvalue weighted by Gasteiger charge is 1.95. The molecular weight excluding hydrogens is 185 g/mol. The molecule has 0 saturated heterocycles. The first-order valence-corrected chi connectivity index (χ1v) is 4.58. The normalized spacial score (nSPS) is 10.4. The SMILES string of the molecule is FCCNCc1cc(Cl)cs1. The maximum absolute atomic E-state index is 11.6. The Labute approximate surface area is 74.2 Å². The molecular formula is C7H9ClFNS. The third-order valence-corrected chi connectivity index (χ3v) is 2.48. The molecule has 1 aromatic heterocycles. The van der Waals surface area contributed by atoms with Crippen molar-refractivity contribution in [1.29, 1.82) is 0 Å². The highest BCUT2D eigenvalue weighted by atomic mass is 35.5. The van der Waals surface area contributed by atoms with E-state index >= 15 is 0 Å². The highest BCUT2D eigenvalue weighted by Crippen LogP contribution is 2.18. The standard InChI is InChI=1S/C7H9ClFNS/c8-6-3-7(11-5-6)4-10-2-1-9/h3,5,10H,1-2,4H2. The van der Waals surface area contributed by atoms with Gasteiger partial charge in [-0.15, -0.1) is 11.3 Å². The quantitative estimate of drug-likeness (QED) is 0.725. The minimum atomic E-state index is -0.320. The van der Waals surface area contributed by atoms with Crippen molar-refractivity contribution in [3.05, 3.63) is 21.3 Å². The van der Waals surface area contributed by atoms with Gasteiger partial charge in [-0.05, 0) is 6.07 Å². The lowest BCUT2D eigenvalue weighted by atomic mass is 10.4. The fraction of sp³-hybridized carbons (Fsp3) is 0.429. The van der Waals surface area contributed by atoms with E-state index in [1.54, 1.807) is 11.3 Å². The maximum Gasteiger partial charge on any atom is 0.102 e. The molecule has 11 heavy (non-hydrogen) atoms. The maximum atomic E-state index is 11.6. The van der Waals surface area contributed by atoms with Crippen LogP contribution in [0.25, 0.3) is 0 Å². The van der Waals surface area contributed by atoms with Crippen LogP contribution in [-0.2, 0) is 6.54 Å². The molecule has 0 aliphatic rings. The van der Waals surface area contributed by atoms with E-state index < -0.39 is 0 Å². The number of nitrogens with one attached hydrogen (secondary N) is 1. The van der Waals surface area contributed by atoms with E-state index in [2.05, 4.69) is 5.32 Å². The molecule has 0 bridgehead atoms. The van der Waals surface area contributed by atoms with Crippen molar-refractivity contribution in [2.24, 2.45) is 0 Å². The molecule has 0 saturated carbocycles. The van der Waals surface area contributed by atoms with E-state index in [9.17, 15) is 4.39 Å². The van der Waals surface area contributed by atoms with E-state index in [1.165, 1.54) is 0 Å². The molecule has 1 aromatic rings. The largest absolute Gasteiger partial charge is 0.309 e. The monoisotopic (exact) mass is 193 g/mol. The summed E-state index contributed by atoms with van der Waals surface area (Å²) in [6, 6.07) is 1.89. The molecule has 0 unspecified atom stereocenters. The summed E-state index contributed by atoms with van der Waals surface area (Å²) in [7, 11) is 0. The topological polar surface area (TPSA) is 12.0 Å². The van der Waals surface area contributed by atoms with Gasteiger partial charge in [-0.1, -0.05) is 11.6 Å². The van der Waals surface area contributed by atoms with Crippen LogP contribution in [0.4, 0.5) is 4.39 Å². The van der Waals surface area contributed by atoms with Crippen LogP contribution in [0.1, 0.15) is 4.88 Å². The second-order valence-electron chi connectivity index (χ2n) is 2.10. The molecule has 1 rings (SSSR count). The van der Waals surface area contributed by atoms with Crippen molar-refractivity contribution in [2.75, 3.05) is 13.2 Å². The molecule has 1 heterocycles. The van der Waals surface area contributed by atoms with Gasteiger partial charge < -0.3 is 5.32 Å². The van der Waals surface area contributed by atoms with Gasteiger partial charge in [0.15, 0.2) is 0 Å². The third-order valence-electron chi connectivity index (χ3n) is 1.19. The molecule has 0 atom stereocenters. The fourth-order valence-electron chi connectivity index (χ4n) is 0.725. The molecule has 0 aliphatic heterocycles. The van der Waals surface area contributed by atoms with Gasteiger partial charge in [-0.2, -0.15) is 0 Å². The molecule has 1 N–H and O–H groups in total. The van der Waals surface area contributed by atoms with Crippen molar-refractivity contribution >= 4 is 22.9 Å². The van der Waals surface area contributed by atoms with E-state index in [1.807, 2.05) is 11.4 Å². The van der Waals surface area contributed by atoms with E-state index in [0.717, 1.165) is 9.90 Å². The van der Waals surface area contributed by atoms with Gasteiger partial charge in [-0.25, -0.2) is 4.39 Å². The Morgan fingerprint density at radius 1 is 1.64 bits per heavy atom. The molecule has 0 amide bonds. The number of hydrogen-bond acceptors (Lipinski definition) is 2. The minimum absolute atomic E-state index is 0.320. The summed E-state index contributed by atoms with van der Waals surface area (Å²) in [5.41, 5.74) is 0. The van der Waals surface area contributed by atoms with Crippen LogP contribution in [0.3, 0.4) is 0 Å². The van der Waals surface area contributed by atoms with Crippen LogP contribution < -0.4 is 5.32 Å². The average Bonchev–Trinajstić information content (AvgIpc) is 2.37. The molecule has 0 aliphatic carbocycles. The lowest BCUT2D eigenvalue weighted by molar-refractivity contribution is 0.467. The number of halogens is 2. The zero-order chi connectivity index (χ0) is 8.10. The smallest absolute Gasteiger partial charge is 0.102 e. The molecule has 0 radical (unpaired) electrons. The average molecular weight is 194 g/mol. The second kappa shape index (κ2) is 4.70. The molecule has 1 nitrogen and oxygen atoms in total. The molecule has 62 valence electrons. The first-order valence-electron chi connectivity index (χ1n) is 3.32. The number of thiophene rings is 1. The van der Waals surface area contributed by atoms with Gasteiger partial charge in [0, 0.05) is 23.3 Å². The lowest BCUT2D eigenvalue weighted by Gasteiger charge is -1.96. The summed E-state index contributed by atoms with van der Waals surface area (Å²) in [4.78, 5) is 1.14. The molecule has 0 aromatic carbocycles. The Morgan fingerprint density at radius 3 is 3.00 bits per heavy atom. The summed E-state index contributed by atoms with van der Waals surface area (Å²) in [5.74, 6) is 0. The Bertz CT molecular complexity index is 214. The summed E-state index contributed by atoms with van der Waals surface area (Å²) in [6.07, 6.45) is 0. The van der Waals surface area contributed by atoms with Crippen LogP contribution in [0, 0.1) is 0 Å². The van der Waals surface area contributed by atoms with E-state index in [4.69, 9.17) is 11.6 Å². The molecule has 0 spiro atoms. The summed E-state index contributed by atoms with van der Waals surface area (Å²) < 4.78 is 11.6. The van der Waals surface area contributed by atoms with Crippen LogP contribution in [0.2, 0.25) is 5.02 Å². The van der Waals surface area contributed by atoms with Crippen LogP contribution >= 0.6 is 22.9 Å². The first-order chi connectivity index (χ1) is 5.33. The first kappa shape index (κ1) is 8.97. The summed E-state index contributed by atoms with van der Waals surface area (Å²) in [6.45, 7) is 0.802.